The molecule has 0 bridgehead atoms. The van der Waals surface area contributed by atoms with Crippen LogP contribution in [0.4, 0.5) is 0 Å². The summed E-state index contributed by atoms with van der Waals surface area (Å²) in [6.45, 7) is 1.28. The molecule has 6 heteroatoms. The molecule has 1 amide bonds. The molecule has 1 aliphatic carbocycles. The van der Waals surface area contributed by atoms with Crippen LogP contribution in [-0.4, -0.2) is 28.3 Å². The summed E-state index contributed by atoms with van der Waals surface area (Å²) in [5, 5.41) is 10.0. The molecule has 0 aromatic heterocycles. The Morgan fingerprint density at radius 3 is 2.48 bits per heavy atom. The van der Waals surface area contributed by atoms with Crippen LogP contribution in [0.3, 0.4) is 0 Å². The standard InChI is InChI=1S/C17H17N3O3/c1-12(21)23-20-16(22)15(14-7-5-13(11-18)6-8-14)19-17(20)9-3-2-4-10-17/h5-8H,2-4,9-10H2,1H3. The molecule has 0 radical (unpaired) electrons. The number of rotatable bonds is 2. The Hall–Kier alpha value is -2.68. The molecule has 0 atom stereocenters. The van der Waals surface area contributed by atoms with Crippen LogP contribution in [0.15, 0.2) is 29.3 Å². The van der Waals surface area contributed by atoms with Gasteiger partial charge in [0.15, 0.2) is 5.66 Å². The van der Waals surface area contributed by atoms with Gasteiger partial charge in [0.25, 0.3) is 0 Å². The van der Waals surface area contributed by atoms with Crippen molar-refractivity contribution in [1.82, 2.24) is 5.06 Å². The molecule has 118 valence electrons. The van der Waals surface area contributed by atoms with E-state index in [1.165, 1.54) is 6.92 Å². The summed E-state index contributed by atoms with van der Waals surface area (Å²) in [7, 11) is 0. The first-order chi connectivity index (χ1) is 11.1. The summed E-state index contributed by atoms with van der Waals surface area (Å²) in [4.78, 5) is 34.0. The summed E-state index contributed by atoms with van der Waals surface area (Å²) < 4.78 is 0. The van der Waals surface area contributed by atoms with E-state index in [2.05, 4.69) is 4.99 Å². The molecule has 6 nitrogen and oxygen atoms in total. The molecule has 3 rings (SSSR count). The fourth-order valence-corrected chi connectivity index (χ4v) is 3.17. The Balaban J connectivity index is 1.99. The van der Waals surface area contributed by atoms with Crippen molar-refractivity contribution in [2.24, 2.45) is 4.99 Å². The Labute approximate surface area is 134 Å². The third-order valence-corrected chi connectivity index (χ3v) is 4.25. The molecule has 1 aliphatic heterocycles. The van der Waals surface area contributed by atoms with Crippen LogP contribution in [0.25, 0.3) is 0 Å². The van der Waals surface area contributed by atoms with Gasteiger partial charge in [0.05, 0.1) is 11.6 Å². The number of hydrogen-bond acceptors (Lipinski definition) is 5. The van der Waals surface area contributed by atoms with E-state index in [1.807, 2.05) is 6.07 Å². The maximum absolute atomic E-state index is 12.7. The Kier molecular flexibility index (Phi) is 3.87. The van der Waals surface area contributed by atoms with Gasteiger partial charge in [-0.15, -0.1) is 5.06 Å². The first-order valence-electron chi connectivity index (χ1n) is 7.69. The maximum Gasteiger partial charge on any atom is 0.329 e. The average molecular weight is 311 g/mol. The summed E-state index contributed by atoms with van der Waals surface area (Å²) in [6.07, 6.45) is 4.34. The zero-order valence-electron chi connectivity index (χ0n) is 12.9. The highest BCUT2D eigenvalue weighted by molar-refractivity contribution is 6.46. The van der Waals surface area contributed by atoms with Gasteiger partial charge >= 0.3 is 11.9 Å². The number of benzene rings is 1. The fourth-order valence-electron chi connectivity index (χ4n) is 3.17. The first kappa shape index (κ1) is 15.2. The van der Waals surface area contributed by atoms with Gasteiger partial charge in [-0.2, -0.15) is 5.26 Å². The van der Waals surface area contributed by atoms with Crippen molar-refractivity contribution in [3.63, 3.8) is 0 Å². The molecule has 1 saturated carbocycles. The van der Waals surface area contributed by atoms with E-state index in [9.17, 15) is 9.59 Å². The Morgan fingerprint density at radius 1 is 1.26 bits per heavy atom. The van der Waals surface area contributed by atoms with Crippen molar-refractivity contribution in [2.75, 3.05) is 0 Å². The van der Waals surface area contributed by atoms with Gasteiger partial charge in [0.2, 0.25) is 0 Å². The second-order valence-corrected chi connectivity index (χ2v) is 5.88. The lowest BCUT2D eigenvalue weighted by molar-refractivity contribution is -0.216. The summed E-state index contributed by atoms with van der Waals surface area (Å²) in [6, 6.07) is 8.73. The zero-order chi connectivity index (χ0) is 16.4. The van der Waals surface area contributed by atoms with Gasteiger partial charge in [0, 0.05) is 12.5 Å². The molecule has 1 aromatic carbocycles. The third-order valence-electron chi connectivity index (χ3n) is 4.25. The van der Waals surface area contributed by atoms with Gasteiger partial charge in [-0.05, 0) is 37.8 Å². The molecule has 1 fully saturated rings. The number of hydroxylamine groups is 2. The highest BCUT2D eigenvalue weighted by atomic mass is 16.7. The van der Waals surface area contributed by atoms with Crippen LogP contribution >= 0.6 is 0 Å². The van der Waals surface area contributed by atoms with Gasteiger partial charge in [0.1, 0.15) is 5.71 Å². The number of nitriles is 1. The lowest BCUT2D eigenvalue weighted by atomic mass is 9.90. The van der Waals surface area contributed by atoms with E-state index >= 15 is 0 Å². The topological polar surface area (TPSA) is 82.8 Å². The van der Waals surface area contributed by atoms with Crippen LogP contribution < -0.4 is 0 Å². The quantitative estimate of drug-likeness (QED) is 0.839. The van der Waals surface area contributed by atoms with Crippen molar-refractivity contribution in [2.45, 2.75) is 44.7 Å². The predicted molar refractivity (Wildman–Crippen MR) is 82.1 cm³/mol. The molecule has 1 spiro atoms. The number of nitrogens with zero attached hydrogens (tertiary/aromatic N) is 3. The van der Waals surface area contributed by atoms with Gasteiger partial charge in [-0.3, -0.25) is 9.59 Å². The number of hydrogen-bond donors (Lipinski definition) is 0. The van der Waals surface area contributed by atoms with Gasteiger partial charge in [-0.1, -0.05) is 18.6 Å². The molecule has 1 aromatic rings. The maximum atomic E-state index is 12.7. The lowest BCUT2D eigenvalue weighted by Gasteiger charge is -2.36. The summed E-state index contributed by atoms with van der Waals surface area (Å²) in [5.41, 5.74) is 0.666. The number of aliphatic imine (C=N–C) groups is 1. The third kappa shape index (κ3) is 2.70. The van der Waals surface area contributed by atoms with Crippen LogP contribution in [-0.2, 0) is 14.4 Å². The van der Waals surface area contributed by atoms with Crippen molar-refractivity contribution in [3.8, 4) is 6.07 Å². The second-order valence-electron chi connectivity index (χ2n) is 5.88. The molecular weight excluding hydrogens is 294 g/mol. The van der Waals surface area contributed by atoms with E-state index in [4.69, 9.17) is 10.1 Å². The van der Waals surface area contributed by atoms with Crippen molar-refractivity contribution >= 4 is 17.6 Å². The van der Waals surface area contributed by atoms with E-state index in [0.717, 1.165) is 24.3 Å². The summed E-state index contributed by atoms with van der Waals surface area (Å²) >= 11 is 0. The molecule has 0 unspecified atom stereocenters. The average Bonchev–Trinajstić information content (AvgIpc) is 2.81. The molecule has 23 heavy (non-hydrogen) atoms. The minimum Gasteiger partial charge on any atom is -0.336 e. The fraction of sp³-hybridized carbons (Fsp3) is 0.412. The van der Waals surface area contributed by atoms with Crippen molar-refractivity contribution in [3.05, 3.63) is 35.4 Å². The predicted octanol–water partition coefficient (Wildman–Crippen LogP) is 2.33. The first-order valence-corrected chi connectivity index (χ1v) is 7.69. The van der Waals surface area contributed by atoms with Crippen molar-refractivity contribution in [1.29, 1.82) is 5.26 Å². The van der Waals surface area contributed by atoms with Gasteiger partial charge < -0.3 is 4.84 Å². The minimum absolute atomic E-state index is 0.289. The minimum atomic E-state index is -0.774. The van der Waals surface area contributed by atoms with E-state index in [1.54, 1.807) is 24.3 Å². The molecule has 0 saturated heterocycles. The number of carbonyl (C=O) groups excluding carboxylic acids is 2. The monoisotopic (exact) mass is 311 g/mol. The van der Waals surface area contributed by atoms with Crippen molar-refractivity contribution < 1.29 is 14.4 Å². The summed E-state index contributed by atoms with van der Waals surface area (Å²) in [5.74, 6) is -0.925. The Bertz CT molecular complexity index is 710. The molecule has 0 N–H and O–H groups in total. The van der Waals surface area contributed by atoms with Crippen LogP contribution in [0.5, 0.6) is 0 Å². The van der Waals surface area contributed by atoms with E-state index in [0.29, 0.717) is 24.0 Å². The molecular formula is C17H17N3O3. The van der Waals surface area contributed by atoms with Crippen LogP contribution in [0, 0.1) is 11.3 Å². The molecule has 1 heterocycles. The second kappa shape index (κ2) is 5.84. The van der Waals surface area contributed by atoms with Gasteiger partial charge in [-0.25, -0.2) is 4.99 Å². The largest absolute Gasteiger partial charge is 0.336 e. The number of carbonyl (C=O) groups is 2. The highest BCUT2D eigenvalue weighted by Gasteiger charge is 2.50. The van der Waals surface area contributed by atoms with E-state index in [-0.39, 0.29) is 5.71 Å². The normalized spacial score (nSPS) is 19.4. The SMILES string of the molecule is CC(=O)ON1C(=O)C(c2ccc(C#N)cc2)=NC12CCCCC2. The smallest absolute Gasteiger partial charge is 0.329 e. The van der Waals surface area contributed by atoms with Crippen LogP contribution in [0.1, 0.15) is 50.2 Å². The number of amides is 1. The lowest BCUT2D eigenvalue weighted by Crippen LogP contribution is -2.48. The zero-order valence-corrected chi connectivity index (χ0v) is 12.9. The van der Waals surface area contributed by atoms with Crippen LogP contribution in [0.2, 0.25) is 0 Å². The Morgan fingerprint density at radius 2 is 1.91 bits per heavy atom. The van der Waals surface area contributed by atoms with E-state index < -0.39 is 17.5 Å². The highest BCUT2D eigenvalue weighted by Crippen LogP contribution is 2.39. The molecule has 2 aliphatic rings.